The van der Waals surface area contributed by atoms with Gasteiger partial charge >= 0.3 is 12.6 Å². The van der Waals surface area contributed by atoms with E-state index in [-0.39, 0.29) is 58.3 Å². The Morgan fingerprint density at radius 2 is 1.78 bits per heavy atom. The molecule has 0 radical (unpaired) electrons. The van der Waals surface area contributed by atoms with Crippen molar-refractivity contribution in [2.24, 2.45) is 11.8 Å². The highest BCUT2D eigenvalue weighted by atomic mass is 35.5. The fourth-order valence-electron chi connectivity index (χ4n) is 6.64. The molecule has 3 unspecified atom stereocenters. The van der Waals surface area contributed by atoms with Gasteiger partial charge in [0.25, 0.3) is 5.91 Å². The minimum atomic E-state index is -3.09. The van der Waals surface area contributed by atoms with Crippen LogP contribution in [-0.2, 0) is 24.6 Å². The lowest BCUT2D eigenvalue weighted by molar-refractivity contribution is -0.166. The van der Waals surface area contributed by atoms with E-state index in [0.29, 0.717) is 32.5 Å². The molecule has 2 aliphatic rings. The van der Waals surface area contributed by atoms with Crippen LogP contribution in [0.1, 0.15) is 85.8 Å². The number of amides is 1. The highest BCUT2D eigenvalue weighted by Gasteiger charge is 2.47. The quantitative estimate of drug-likeness (QED) is 0.281. The number of anilines is 1. The van der Waals surface area contributed by atoms with Crippen LogP contribution in [0.25, 0.3) is 0 Å². The Bertz CT molecular complexity index is 1310. The first-order valence-electron chi connectivity index (χ1n) is 15.8. The van der Waals surface area contributed by atoms with Gasteiger partial charge in [-0.2, -0.15) is 13.9 Å². The van der Waals surface area contributed by atoms with Crippen LogP contribution in [-0.4, -0.2) is 70.6 Å². The number of likely N-dealkylation sites (tertiary alicyclic amines) is 1. The average Bonchev–Trinajstić information content (AvgIpc) is 3.43. The first-order chi connectivity index (χ1) is 21.1. The third-order valence-corrected chi connectivity index (χ3v) is 8.89. The van der Waals surface area contributed by atoms with E-state index < -0.39 is 17.8 Å². The molecule has 1 aromatic heterocycles. The molecule has 2 aliphatic heterocycles. The Morgan fingerprint density at radius 3 is 2.36 bits per heavy atom. The number of alkyl halides is 2. The number of piperidine rings is 1. The van der Waals surface area contributed by atoms with E-state index in [4.69, 9.17) is 21.1 Å². The highest BCUT2D eigenvalue weighted by Crippen LogP contribution is 2.38. The zero-order valence-corrected chi connectivity index (χ0v) is 28.1. The van der Waals surface area contributed by atoms with Gasteiger partial charge in [0.2, 0.25) is 0 Å². The number of carbonyl (C=O) groups is 2. The Kier molecular flexibility index (Phi) is 11.2. The van der Waals surface area contributed by atoms with Crippen LogP contribution in [0, 0.1) is 11.8 Å². The smallest absolute Gasteiger partial charge is 0.387 e. The number of aromatic nitrogens is 2. The van der Waals surface area contributed by atoms with Gasteiger partial charge in [0, 0.05) is 42.6 Å². The van der Waals surface area contributed by atoms with Crippen LogP contribution < -0.4 is 10.1 Å². The molecular weight excluding hydrogens is 606 g/mol. The molecule has 2 fully saturated rings. The summed E-state index contributed by atoms with van der Waals surface area (Å²) >= 11 is 6.04. The second kappa shape index (κ2) is 14.3. The van der Waals surface area contributed by atoms with Crippen molar-refractivity contribution in [3.05, 3.63) is 41.2 Å². The lowest BCUT2D eigenvalue weighted by atomic mass is 9.80. The first kappa shape index (κ1) is 35.1. The summed E-state index contributed by atoms with van der Waals surface area (Å²) < 4.78 is 44.7. The molecule has 45 heavy (non-hydrogen) atoms. The van der Waals surface area contributed by atoms with Gasteiger partial charge in [0.05, 0.1) is 23.8 Å². The Labute approximate surface area is 269 Å². The van der Waals surface area contributed by atoms with E-state index in [1.807, 2.05) is 54.5 Å². The molecule has 250 valence electrons. The Morgan fingerprint density at radius 1 is 1.13 bits per heavy atom. The van der Waals surface area contributed by atoms with Crippen molar-refractivity contribution in [3.63, 3.8) is 0 Å². The van der Waals surface area contributed by atoms with E-state index in [1.54, 1.807) is 10.9 Å². The molecule has 2 saturated heterocycles. The summed E-state index contributed by atoms with van der Waals surface area (Å²) in [7, 11) is 0. The SMILES string of the molecule is CC1CC(C(CN2CCC(C(=O)Nc3ccc(Cl)cc3OC(F)F)(n3nccc3C(C)C)CC2)C(=O)OC(C)(C)C)CC(C)O1. The maximum Gasteiger partial charge on any atom is 0.387 e. The number of esters is 1. The van der Waals surface area contributed by atoms with Crippen LogP contribution in [0.4, 0.5) is 14.5 Å². The molecule has 0 bridgehead atoms. The van der Waals surface area contributed by atoms with Crippen molar-refractivity contribution in [3.8, 4) is 5.75 Å². The number of benzene rings is 1. The van der Waals surface area contributed by atoms with Crippen LogP contribution in [0.15, 0.2) is 30.5 Å². The largest absolute Gasteiger partial charge is 0.460 e. The molecule has 1 amide bonds. The third kappa shape index (κ3) is 8.74. The number of hydrogen-bond donors (Lipinski definition) is 1. The van der Waals surface area contributed by atoms with Crippen molar-refractivity contribution < 1.29 is 32.6 Å². The van der Waals surface area contributed by atoms with Gasteiger partial charge in [-0.15, -0.1) is 0 Å². The molecule has 1 aromatic carbocycles. The topological polar surface area (TPSA) is 94.9 Å². The molecule has 0 aliphatic carbocycles. The molecular formula is C33H47ClF2N4O5. The number of hydrogen-bond acceptors (Lipinski definition) is 7. The lowest BCUT2D eigenvalue weighted by Gasteiger charge is -2.44. The first-order valence-corrected chi connectivity index (χ1v) is 16.2. The van der Waals surface area contributed by atoms with Gasteiger partial charge in [-0.3, -0.25) is 14.3 Å². The van der Waals surface area contributed by atoms with Crippen molar-refractivity contribution in [2.45, 2.75) is 110 Å². The number of ether oxygens (including phenoxy) is 3. The predicted octanol–water partition coefficient (Wildman–Crippen LogP) is 6.85. The zero-order chi connectivity index (χ0) is 33.1. The van der Waals surface area contributed by atoms with Crippen LogP contribution in [0.5, 0.6) is 5.75 Å². The maximum atomic E-state index is 14.2. The van der Waals surface area contributed by atoms with E-state index >= 15 is 0 Å². The summed E-state index contributed by atoms with van der Waals surface area (Å²) in [6, 6.07) is 6.11. The predicted molar refractivity (Wildman–Crippen MR) is 169 cm³/mol. The van der Waals surface area contributed by atoms with Crippen LogP contribution >= 0.6 is 11.6 Å². The number of halogens is 3. The molecule has 0 saturated carbocycles. The summed E-state index contributed by atoms with van der Waals surface area (Å²) in [6.45, 7) is 12.2. The van der Waals surface area contributed by atoms with Crippen LogP contribution in [0.2, 0.25) is 5.02 Å². The van der Waals surface area contributed by atoms with Gasteiger partial charge in [0.15, 0.2) is 5.75 Å². The molecule has 2 aromatic rings. The number of carbonyl (C=O) groups excluding carboxylic acids is 2. The van der Waals surface area contributed by atoms with Crippen molar-refractivity contribution >= 4 is 29.2 Å². The van der Waals surface area contributed by atoms with E-state index in [2.05, 4.69) is 20.1 Å². The Balaban J connectivity index is 1.60. The van der Waals surface area contributed by atoms with Gasteiger partial charge in [-0.25, -0.2) is 0 Å². The monoisotopic (exact) mass is 652 g/mol. The normalized spacial score (nSPS) is 23.2. The van der Waals surface area contributed by atoms with E-state index in [1.165, 1.54) is 18.2 Å². The third-order valence-electron chi connectivity index (χ3n) is 8.65. The average molecular weight is 653 g/mol. The summed E-state index contributed by atoms with van der Waals surface area (Å²) in [4.78, 5) is 30.0. The zero-order valence-electron chi connectivity index (χ0n) is 27.3. The van der Waals surface area contributed by atoms with Crippen molar-refractivity contribution in [1.82, 2.24) is 14.7 Å². The number of nitrogens with one attached hydrogen (secondary N) is 1. The second-order valence-electron chi connectivity index (χ2n) is 13.8. The molecule has 4 rings (SSSR count). The minimum Gasteiger partial charge on any atom is -0.460 e. The minimum absolute atomic E-state index is 0.0440. The summed E-state index contributed by atoms with van der Waals surface area (Å²) in [5.41, 5.74) is -0.743. The second-order valence-corrected chi connectivity index (χ2v) is 14.2. The maximum absolute atomic E-state index is 14.2. The van der Waals surface area contributed by atoms with Gasteiger partial charge < -0.3 is 24.4 Å². The van der Waals surface area contributed by atoms with E-state index in [0.717, 1.165) is 18.5 Å². The van der Waals surface area contributed by atoms with Gasteiger partial charge in [0.1, 0.15) is 11.1 Å². The van der Waals surface area contributed by atoms with Crippen molar-refractivity contribution in [2.75, 3.05) is 25.0 Å². The standard InChI is InChI=1S/C33H47ClF2N4O5/c1-20(2)27-10-13-37-40(27)33(30(42)38-26-9-8-24(34)18-28(26)44-31(35)36)11-14-39(15-12-33)19-25(29(41)45-32(5,6)7)23-16-21(3)43-22(4)17-23/h8-10,13,18,20-23,25,31H,11-12,14-17,19H2,1-7H3,(H,38,42). The van der Waals surface area contributed by atoms with Gasteiger partial charge in [-0.1, -0.05) is 25.4 Å². The molecule has 1 N–H and O–H groups in total. The fourth-order valence-corrected chi connectivity index (χ4v) is 6.80. The molecule has 3 atom stereocenters. The van der Waals surface area contributed by atoms with Crippen LogP contribution in [0.3, 0.4) is 0 Å². The highest BCUT2D eigenvalue weighted by molar-refractivity contribution is 6.30. The van der Waals surface area contributed by atoms with Gasteiger partial charge in [-0.05, 0) is 90.3 Å². The molecule has 0 spiro atoms. The summed E-state index contributed by atoms with van der Waals surface area (Å²) in [5.74, 6) is -0.985. The lowest BCUT2D eigenvalue weighted by Crippen LogP contribution is -2.55. The summed E-state index contributed by atoms with van der Waals surface area (Å²) in [5, 5.41) is 7.65. The number of rotatable bonds is 10. The van der Waals surface area contributed by atoms with E-state index in [9.17, 15) is 18.4 Å². The fraction of sp³-hybridized carbons (Fsp3) is 0.667. The molecule has 9 nitrogen and oxygen atoms in total. The number of nitrogens with zero attached hydrogens (tertiary/aromatic N) is 3. The van der Waals surface area contributed by atoms with Crippen molar-refractivity contribution in [1.29, 1.82) is 0 Å². The Hall–Kier alpha value is -2.76. The molecule has 3 heterocycles. The molecule has 12 heteroatoms. The summed E-state index contributed by atoms with van der Waals surface area (Å²) in [6.07, 6.45) is 4.08.